The average molecular weight is 654 g/mol. The fourth-order valence-corrected chi connectivity index (χ4v) is 5.69. The van der Waals surface area contributed by atoms with Gasteiger partial charge in [-0.3, -0.25) is 4.72 Å². The zero-order chi connectivity index (χ0) is 31.3. The van der Waals surface area contributed by atoms with E-state index in [0.29, 0.717) is 18.8 Å². The Labute approximate surface area is 264 Å². The monoisotopic (exact) mass is 653 g/mol. The van der Waals surface area contributed by atoms with Crippen LogP contribution in [0.1, 0.15) is 6.92 Å². The van der Waals surface area contributed by atoms with Gasteiger partial charge in [-0.15, -0.1) is 0 Å². The number of hydrogen-bond donors (Lipinski definition) is 5. The van der Waals surface area contributed by atoms with E-state index in [9.17, 15) is 13.2 Å². The number of carboxylic acids is 1. The number of aromatic amines is 1. The molecular formula is C30H32ClN7O6S. The highest BCUT2D eigenvalue weighted by Crippen LogP contribution is 2.33. The first-order valence-electron chi connectivity index (χ1n) is 13.5. The number of benzene rings is 1. The van der Waals surface area contributed by atoms with Gasteiger partial charge in [-0.05, 0) is 43.3 Å². The maximum Gasteiger partial charge on any atom is 0.332 e. The zero-order valence-corrected chi connectivity index (χ0v) is 25.8. The summed E-state index contributed by atoms with van der Waals surface area (Å²) in [6, 6.07) is 15.8. The number of H-pyrrole nitrogens is 1. The number of nitrogens with zero attached hydrogens (tertiary/aromatic N) is 4. The highest BCUT2D eigenvalue weighted by molar-refractivity contribution is 7.92. The Bertz CT molecular complexity index is 1860. The minimum Gasteiger partial charge on any atom is -0.479 e. The normalized spacial score (nSPS) is 13.7. The standard InChI is InChI=1S/C27H23ClN6O3S.C3H6O3.H3N/c28-26-24(33-38(35,36)21-4-2-1-3-5-21)13-20(15-30-26)19-12-22-23(17-32-27(22)31-16-19)18-6-7-25(29-14-18)34-8-10-37-11-9-34;1-2(4)3(5)6;/h1-7,12-17,33H,8-11H2,(H,31,32);2,4H,1H3,(H,5,6);1H3. The summed E-state index contributed by atoms with van der Waals surface area (Å²) in [7, 11) is -3.83. The second kappa shape index (κ2) is 14.5. The molecule has 1 unspecified atom stereocenters. The zero-order valence-electron chi connectivity index (χ0n) is 24.2. The molecule has 0 aliphatic carbocycles. The number of fused-ring (bicyclic) bond motifs is 1. The molecule has 1 saturated heterocycles. The molecule has 0 bridgehead atoms. The number of morpholine rings is 1. The molecule has 5 heterocycles. The third-order valence-corrected chi connectivity index (χ3v) is 8.44. The number of hydrogen-bond acceptors (Lipinski definition) is 10. The van der Waals surface area contributed by atoms with Crippen LogP contribution < -0.4 is 15.8 Å². The largest absolute Gasteiger partial charge is 0.479 e. The van der Waals surface area contributed by atoms with Crippen molar-refractivity contribution < 1.29 is 28.2 Å². The number of carbonyl (C=O) groups is 1. The molecule has 4 aromatic heterocycles. The van der Waals surface area contributed by atoms with Crippen LogP contribution in [0.4, 0.5) is 11.5 Å². The molecule has 236 valence electrons. The van der Waals surface area contributed by atoms with Crippen molar-refractivity contribution in [3.63, 3.8) is 0 Å². The summed E-state index contributed by atoms with van der Waals surface area (Å²) < 4.78 is 33.7. The Morgan fingerprint density at radius 3 is 2.29 bits per heavy atom. The summed E-state index contributed by atoms with van der Waals surface area (Å²) in [5.74, 6) is -0.261. The molecule has 1 aromatic carbocycles. The van der Waals surface area contributed by atoms with Crippen LogP contribution in [0.3, 0.4) is 0 Å². The quantitative estimate of drug-likeness (QED) is 0.154. The molecule has 5 aromatic rings. The first-order chi connectivity index (χ1) is 21.1. The summed E-state index contributed by atoms with van der Waals surface area (Å²) in [6.07, 6.45) is 5.84. The van der Waals surface area contributed by atoms with Gasteiger partial charge in [-0.2, -0.15) is 0 Å². The van der Waals surface area contributed by atoms with Gasteiger partial charge in [0.2, 0.25) is 0 Å². The van der Waals surface area contributed by atoms with Crippen molar-refractivity contribution >= 4 is 50.1 Å². The lowest BCUT2D eigenvalue weighted by molar-refractivity contribution is -0.145. The number of aliphatic hydroxyl groups excluding tert-OH is 1. The van der Waals surface area contributed by atoms with E-state index < -0.39 is 22.1 Å². The molecule has 15 heteroatoms. The fourth-order valence-electron chi connectivity index (χ4n) is 4.41. The first kappa shape index (κ1) is 33.3. The maximum atomic E-state index is 12.8. The van der Waals surface area contributed by atoms with E-state index in [1.807, 2.05) is 30.6 Å². The SMILES string of the molecule is CC(O)C(=O)O.N.O=S(=O)(Nc1cc(-c2cnc3[nH]cc(-c4ccc(N5CCOCC5)nc4)c3c2)cnc1Cl)c1ccccc1. The van der Waals surface area contributed by atoms with Crippen molar-refractivity contribution in [1.82, 2.24) is 26.1 Å². The number of carboxylic acid groups (broad SMARTS) is 1. The van der Waals surface area contributed by atoms with Crippen LogP contribution >= 0.6 is 11.6 Å². The molecule has 1 aliphatic heterocycles. The Morgan fingerprint density at radius 2 is 1.64 bits per heavy atom. The Balaban J connectivity index is 0.000000602. The number of aromatic nitrogens is 4. The summed E-state index contributed by atoms with van der Waals surface area (Å²) in [4.78, 5) is 28.5. The minimum atomic E-state index is -3.83. The number of pyridine rings is 3. The molecule has 1 atom stereocenters. The summed E-state index contributed by atoms with van der Waals surface area (Å²) in [5, 5.41) is 16.7. The van der Waals surface area contributed by atoms with Crippen molar-refractivity contribution in [2.45, 2.75) is 17.9 Å². The number of anilines is 2. The van der Waals surface area contributed by atoms with Gasteiger partial charge in [-0.1, -0.05) is 29.8 Å². The van der Waals surface area contributed by atoms with E-state index in [-0.39, 0.29) is 21.9 Å². The number of ether oxygens (including phenoxy) is 1. The van der Waals surface area contributed by atoms with Crippen LogP contribution in [0.25, 0.3) is 33.3 Å². The fraction of sp³-hybridized carbons (Fsp3) is 0.200. The topological polar surface area (TPSA) is 206 Å². The summed E-state index contributed by atoms with van der Waals surface area (Å²) >= 11 is 6.25. The van der Waals surface area contributed by atoms with Crippen molar-refractivity contribution in [3.8, 4) is 22.3 Å². The van der Waals surface area contributed by atoms with Gasteiger partial charge >= 0.3 is 5.97 Å². The number of aliphatic carboxylic acids is 1. The smallest absolute Gasteiger partial charge is 0.332 e. The van der Waals surface area contributed by atoms with Gasteiger partial charge in [0.25, 0.3) is 10.0 Å². The van der Waals surface area contributed by atoms with Crippen LogP contribution in [-0.4, -0.2) is 76.9 Å². The van der Waals surface area contributed by atoms with Crippen LogP contribution in [0, 0.1) is 0 Å². The Morgan fingerprint density at radius 1 is 1.00 bits per heavy atom. The summed E-state index contributed by atoms with van der Waals surface area (Å²) in [5.41, 5.74) is 4.27. The number of sulfonamides is 1. The van der Waals surface area contributed by atoms with Crippen molar-refractivity contribution in [1.29, 1.82) is 0 Å². The van der Waals surface area contributed by atoms with Crippen molar-refractivity contribution in [2.24, 2.45) is 0 Å². The number of nitrogens with one attached hydrogen (secondary N) is 2. The molecule has 7 N–H and O–H groups in total. The maximum absolute atomic E-state index is 12.8. The van der Waals surface area contributed by atoms with Gasteiger partial charge in [0.1, 0.15) is 17.6 Å². The van der Waals surface area contributed by atoms with Crippen LogP contribution in [0.2, 0.25) is 5.15 Å². The lowest BCUT2D eigenvalue weighted by atomic mass is 10.0. The second-order valence-electron chi connectivity index (χ2n) is 9.82. The van der Waals surface area contributed by atoms with E-state index in [2.05, 4.69) is 29.6 Å². The van der Waals surface area contributed by atoms with Gasteiger partial charge in [0, 0.05) is 65.5 Å². The van der Waals surface area contributed by atoms with E-state index in [1.54, 1.807) is 36.7 Å². The molecule has 0 amide bonds. The van der Waals surface area contributed by atoms with Crippen LogP contribution in [0.5, 0.6) is 0 Å². The van der Waals surface area contributed by atoms with Gasteiger partial charge < -0.3 is 31.0 Å². The molecule has 45 heavy (non-hydrogen) atoms. The van der Waals surface area contributed by atoms with E-state index >= 15 is 0 Å². The van der Waals surface area contributed by atoms with E-state index in [4.69, 9.17) is 26.6 Å². The van der Waals surface area contributed by atoms with E-state index in [0.717, 1.165) is 46.6 Å². The van der Waals surface area contributed by atoms with Crippen LogP contribution in [0.15, 0.2) is 84.3 Å². The molecule has 0 spiro atoms. The highest BCUT2D eigenvalue weighted by atomic mass is 35.5. The molecule has 0 saturated carbocycles. The lowest BCUT2D eigenvalue weighted by Crippen LogP contribution is -2.36. The molecular weight excluding hydrogens is 622 g/mol. The molecule has 1 aliphatic rings. The predicted molar refractivity (Wildman–Crippen MR) is 172 cm³/mol. The predicted octanol–water partition coefficient (Wildman–Crippen LogP) is 4.59. The second-order valence-corrected chi connectivity index (χ2v) is 11.9. The van der Waals surface area contributed by atoms with Crippen LogP contribution in [-0.2, 0) is 19.6 Å². The van der Waals surface area contributed by atoms with Gasteiger partial charge in [0.05, 0.1) is 23.8 Å². The first-order valence-corrected chi connectivity index (χ1v) is 15.4. The molecule has 0 radical (unpaired) electrons. The lowest BCUT2D eigenvalue weighted by Gasteiger charge is -2.27. The third-order valence-electron chi connectivity index (χ3n) is 6.75. The highest BCUT2D eigenvalue weighted by Gasteiger charge is 2.18. The summed E-state index contributed by atoms with van der Waals surface area (Å²) in [6.45, 7) is 4.25. The van der Waals surface area contributed by atoms with Gasteiger partial charge in [0.15, 0.2) is 5.15 Å². The molecule has 6 rings (SSSR count). The number of halogens is 1. The number of aliphatic hydroxyl groups is 1. The van der Waals surface area contributed by atoms with Gasteiger partial charge in [-0.25, -0.2) is 28.2 Å². The van der Waals surface area contributed by atoms with E-state index in [1.165, 1.54) is 19.1 Å². The Kier molecular flexibility index (Phi) is 10.7. The average Bonchev–Trinajstić information content (AvgIpc) is 3.47. The molecule has 1 fully saturated rings. The molecule has 13 nitrogen and oxygen atoms in total. The number of rotatable bonds is 7. The Hall–Kier alpha value is -4.60. The minimum absolute atomic E-state index is 0. The van der Waals surface area contributed by atoms with Crippen molar-refractivity contribution in [2.75, 3.05) is 35.9 Å². The van der Waals surface area contributed by atoms with Crippen molar-refractivity contribution in [3.05, 3.63) is 84.5 Å². The third kappa shape index (κ3) is 7.92.